The molecule has 3 heteroatoms. The Bertz CT molecular complexity index is 609. The van der Waals surface area contributed by atoms with E-state index in [0.717, 1.165) is 6.42 Å². The van der Waals surface area contributed by atoms with Crippen LogP contribution in [0.2, 0.25) is 0 Å². The Morgan fingerprint density at radius 2 is 1.55 bits per heavy atom. The third-order valence-electron chi connectivity index (χ3n) is 3.49. The molecule has 22 heavy (non-hydrogen) atoms. The van der Waals surface area contributed by atoms with Crippen LogP contribution >= 0.6 is 0 Å². The topological polar surface area (TPSA) is 28.7 Å². The van der Waals surface area contributed by atoms with Gasteiger partial charge in [-0.3, -0.25) is 0 Å². The Balaban J connectivity index is 0.000000211. The average molecular weight is 288 g/mol. The largest absolute Gasteiger partial charge is 0.349 e. The first kappa shape index (κ1) is 15.8. The van der Waals surface area contributed by atoms with Crippen molar-refractivity contribution < 1.29 is 0 Å². The zero-order valence-electron chi connectivity index (χ0n) is 12.9. The molecule has 1 heterocycles. The number of imidazole rings is 1. The third-order valence-corrected chi connectivity index (χ3v) is 3.49. The predicted octanol–water partition coefficient (Wildman–Crippen LogP) is 2.99. The quantitative estimate of drug-likeness (QED) is 0.735. The van der Waals surface area contributed by atoms with Gasteiger partial charge in [0.15, 0.2) is 0 Å². The van der Waals surface area contributed by atoms with Crippen LogP contribution in [-0.2, 0) is 6.42 Å². The number of nitrogens with one attached hydrogen (secondary N) is 1. The normalized spacial score (nSPS) is 9.50. The summed E-state index contributed by atoms with van der Waals surface area (Å²) in [5, 5.41) is 0. The molecule has 0 saturated heterocycles. The molecule has 1 aromatic heterocycles. The van der Waals surface area contributed by atoms with Gasteiger partial charge in [-0.05, 0) is 6.42 Å². The summed E-state index contributed by atoms with van der Waals surface area (Å²) in [7, 11) is 0. The van der Waals surface area contributed by atoms with E-state index < -0.39 is 0 Å². The number of nitrogens with zero attached hydrogens (tertiary/aromatic N) is 1. The third kappa shape index (κ3) is 4.49. The monoisotopic (exact) mass is 288 g/mol. The molecule has 110 valence electrons. The zero-order valence-corrected chi connectivity index (χ0v) is 12.9. The van der Waals surface area contributed by atoms with Crippen LogP contribution in [0.5, 0.6) is 0 Å². The number of aryl methyl sites for hydroxylation is 1. The molecule has 0 spiro atoms. The molecular formula is C19H21BN2. The number of H-pyrrole nitrogens is 1. The summed E-state index contributed by atoms with van der Waals surface area (Å²) in [4.78, 5) is 6.81. The predicted molar refractivity (Wildman–Crippen MR) is 96.1 cm³/mol. The van der Waals surface area contributed by atoms with Crippen LogP contribution in [0.25, 0.3) is 0 Å². The van der Waals surface area contributed by atoms with Crippen LogP contribution in [0, 0.1) is 0 Å². The second kappa shape index (κ2) is 8.68. The minimum Gasteiger partial charge on any atom is -0.349 e. The highest BCUT2D eigenvalue weighted by molar-refractivity contribution is 6.89. The molecule has 0 fully saturated rings. The molecule has 0 aliphatic carbocycles. The smallest absolute Gasteiger partial charge is 0.233 e. The first-order valence-electron chi connectivity index (χ1n) is 7.54. The SMILES string of the molecule is C=CB(c1ccccc1)c1ccccc1.CCc1cnc[nH]1. The van der Waals surface area contributed by atoms with Crippen LogP contribution in [0.3, 0.4) is 0 Å². The van der Waals surface area contributed by atoms with Crippen LogP contribution in [0.1, 0.15) is 12.6 Å². The zero-order chi connectivity index (χ0) is 15.6. The van der Waals surface area contributed by atoms with E-state index in [1.165, 1.54) is 16.6 Å². The summed E-state index contributed by atoms with van der Waals surface area (Å²) in [5.41, 5.74) is 3.78. The first-order chi connectivity index (χ1) is 10.8. The van der Waals surface area contributed by atoms with Gasteiger partial charge < -0.3 is 4.98 Å². The van der Waals surface area contributed by atoms with E-state index in [-0.39, 0.29) is 0 Å². The highest BCUT2D eigenvalue weighted by atomic mass is 14.8. The molecule has 3 aromatic rings. The number of aromatic nitrogens is 2. The number of aromatic amines is 1. The number of benzene rings is 2. The van der Waals surface area contributed by atoms with E-state index in [1.54, 1.807) is 6.33 Å². The second-order valence-electron chi connectivity index (χ2n) is 4.97. The molecule has 1 N–H and O–H groups in total. The maximum atomic E-state index is 3.91. The Kier molecular flexibility index (Phi) is 6.25. The molecule has 0 atom stereocenters. The van der Waals surface area contributed by atoms with Crippen molar-refractivity contribution in [2.24, 2.45) is 0 Å². The van der Waals surface area contributed by atoms with Gasteiger partial charge in [0.05, 0.1) is 6.33 Å². The molecule has 0 bridgehead atoms. The van der Waals surface area contributed by atoms with Crippen molar-refractivity contribution in [3.63, 3.8) is 0 Å². The summed E-state index contributed by atoms with van der Waals surface area (Å²) in [6, 6.07) is 20.9. The highest BCUT2D eigenvalue weighted by Crippen LogP contribution is 1.93. The summed E-state index contributed by atoms with van der Waals surface area (Å²) in [5.74, 6) is 1.99. The molecule has 0 aliphatic rings. The average Bonchev–Trinajstić information content (AvgIpc) is 3.12. The minimum absolute atomic E-state index is 0.299. The lowest BCUT2D eigenvalue weighted by atomic mass is 9.41. The lowest BCUT2D eigenvalue weighted by Crippen LogP contribution is -2.40. The maximum absolute atomic E-state index is 3.91. The van der Waals surface area contributed by atoms with Crippen molar-refractivity contribution in [2.75, 3.05) is 0 Å². The fourth-order valence-corrected chi connectivity index (χ4v) is 2.26. The fraction of sp³-hybridized carbons (Fsp3) is 0.105. The minimum atomic E-state index is 0.299. The van der Waals surface area contributed by atoms with Crippen molar-refractivity contribution in [2.45, 2.75) is 13.3 Å². The van der Waals surface area contributed by atoms with Crippen LogP contribution in [-0.4, -0.2) is 16.7 Å². The lowest BCUT2D eigenvalue weighted by Gasteiger charge is -2.09. The van der Waals surface area contributed by atoms with E-state index in [4.69, 9.17) is 0 Å². The Labute approximate surface area is 133 Å². The molecule has 0 saturated carbocycles. The van der Waals surface area contributed by atoms with Gasteiger partial charge in [0.25, 0.3) is 0 Å². The van der Waals surface area contributed by atoms with E-state index in [1.807, 2.05) is 24.3 Å². The highest BCUT2D eigenvalue weighted by Gasteiger charge is 2.13. The van der Waals surface area contributed by atoms with E-state index >= 15 is 0 Å². The van der Waals surface area contributed by atoms with Crippen LogP contribution < -0.4 is 10.9 Å². The summed E-state index contributed by atoms with van der Waals surface area (Å²) >= 11 is 0. The Hall–Kier alpha value is -2.55. The summed E-state index contributed by atoms with van der Waals surface area (Å²) in [6.07, 6.45) is 4.57. The van der Waals surface area contributed by atoms with Gasteiger partial charge in [0, 0.05) is 11.9 Å². The van der Waals surface area contributed by atoms with Gasteiger partial charge in [0.2, 0.25) is 6.71 Å². The lowest BCUT2D eigenvalue weighted by molar-refractivity contribution is 1.06. The van der Waals surface area contributed by atoms with Crippen molar-refractivity contribution in [1.82, 2.24) is 9.97 Å². The van der Waals surface area contributed by atoms with E-state index in [0.29, 0.717) is 6.71 Å². The summed E-state index contributed by atoms with van der Waals surface area (Å²) < 4.78 is 0. The van der Waals surface area contributed by atoms with Gasteiger partial charge in [-0.2, -0.15) is 0 Å². The fourth-order valence-electron chi connectivity index (χ4n) is 2.26. The molecule has 0 unspecified atom stereocenters. The van der Waals surface area contributed by atoms with Crippen molar-refractivity contribution in [1.29, 1.82) is 0 Å². The van der Waals surface area contributed by atoms with E-state index in [2.05, 4.69) is 72.0 Å². The standard InChI is InChI=1S/C14H13B.C5H8N2/c1-2-15(13-9-5-3-6-10-13)14-11-7-4-8-12-14;1-2-5-3-6-4-7-5/h2-12H,1H2;3-4H,2H2,1H3,(H,6,7). The molecule has 2 nitrogen and oxygen atoms in total. The molecule has 0 radical (unpaired) electrons. The molecule has 0 amide bonds. The van der Waals surface area contributed by atoms with Crippen molar-refractivity contribution in [3.8, 4) is 0 Å². The molecule has 3 rings (SSSR count). The maximum Gasteiger partial charge on any atom is 0.233 e. The van der Waals surface area contributed by atoms with Crippen LogP contribution in [0.4, 0.5) is 0 Å². The first-order valence-corrected chi connectivity index (χ1v) is 7.54. The van der Waals surface area contributed by atoms with Gasteiger partial charge in [-0.25, -0.2) is 4.98 Å². The van der Waals surface area contributed by atoms with Gasteiger partial charge in [-0.1, -0.05) is 78.5 Å². The number of hydrogen-bond acceptors (Lipinski definition) is 1. The molecule has 2 aromatic carbocycles. The van der Waals surface area contributed by atoms with Gasteiger partial charge >= 0.3 is 0 Å². The number of rotatable bonds is 4. The second-order valence-corrected chi connectivity index (χ2v) is 4.97. The molecular weight excluding hydrogens is 267 g/mol. The summed E-state index contributed by atoms with van der Waals surface area (Å²) in [6.45, 7) is 6.30. The Morgan fingerprint density at radius 3 is 1.86 bits per heavy atom. The van der Waals surface area contributed by atoms with Crippen LogP contribution in [0.15, 0.2) is 85.7 Å². The molecule has 0 aliphatic heterocycles. The van der Waals surface area contributed by atoms with Gasteiger partial charge in [-0.15, -0.1) is 12.6 Å². The Morgan fingerprint density at radius 1 is 1.00 bits per heavy atom. The van der Waals surface area contributed by atoms with Gasteiger partial charge in [0.1, 0.15) is 0 Å². The van der Waals surface area contributed by atoms with E-state index in [9.17, 15) is 0 Å². The van der Waals surface area contributed by atoms with Crippen molar-refractivity contribution >= 4 is 17.6 Å². The van der Waals surface area contributed by atoms with Crippen molar-refractivity contribution in [3.05, 3.63) is 91.4 Å². The number of hydrogen-bond donors (Lipinski definition) is 1.